The van der Waals surface area contributed by atoms with E-state index in [0.717, 1.165) is 5.56 Å². The summed E-state index contributed by atoms with van der Waals surface area (Å²) in [6.45, 7) is 13.2. The van der Waals surface area contributed by atoms with Gasteiger partial charge < -0.3 is 19.5 Å². The fraction of sp³-hybridized carbons (Fsp3) is 0.545. The quantitative estimate of drug-likeness (QED) is 0.718. The number of carbonyl (C=O) groups is 2. The molecule has 1 aliphatic rings. The van der Waals surface area contributed by atoms with Crippen LogP contribution in [-0.2, 0) is 20.8 Å². The molecule has 0 bridgehead atoms. The molecule has 1 N–H and O–H groups in total. The molecular formula is C22H32N2O5. The zero-order valence-electron chi connectivity index (χ0n) is 17.9. The number of alkyl carbamates (subject to hydrolysis) is 1. The van der Waals surface area contributed by atoms with Gasteiger partial charge in [0.1, 0.15) is 17.9 Å². The smallest absolute Gasteiger partial charge is 0.412 e. The van der Waals surface area contributed by atoms with Crippen molar-refractivity contribution < 1.29 is 23.8 Å². The molecular weight excluding hydrogens is 372 g/mol. The Bertz CT molecular complexity index is 712. The van der Waals surface area contributed by atoms with Crippen LogP contribution in [0.2, 0.25) is 0 Å². The molecule has 1 aliphatic heterocycles. The van der Waals surface area contributed by atoms with E-state index in [4.69, 9.17) is 14.2 Å². The van der Waals surface area contributed by atoms with Gasteiger partial charge in [-0.2, -0.15) is 0 Å². The van der Waals surface area contributed by atoms with Crippen molar-refractivity contribution in [1.29, 1.82) is 0 Å². The van der Waals surface area contributed by atoms with Crippen LogP contribution < -0.4 is 5.32 Å². The Balaban J connectivity index is 2.04. The standard InChI is InChI=1S/C22H32N2O5/c1-7-11-18-17(14-23-19(25)27-15-16-12-9-8-10-13-16)24(22(5,6)28-18)20(26)29-21(2,3)4/h7-10,12-13,17-18H,1,11,14-15H2,2-6H3,(H,23,25)/t17-,18+/m1/s1. The van der Waals surface area contributed by atoms with Crippen LogP contribution in [0.1, 0.15) is 46.6 Å². The number of ether oxygens (including phenoxy) is 3. The van der Waals surface area contributed by atoms with E-state index < -0.39 is 29.6 Å². The van der Waals surface area contributed by atoms with Crippen molar-refractivity contribution in [2.24, 2.45) is 0 Å². The van der Waals surface area contributed by atoms with Crippen LogP contribution in [0.25, 0.3) is 0 Å². The summed E-state index contributed by atoms with van der Waals surface area (Å²) in [6, 6.07) is 9.01. The molecule has 7 heteroatoms. The van der Waals surface area contributed by atoms with Gasteiger partial charge in [-0.15, -0.1) is 6.58 Å². The molecule has 29 heavy (non-hydrogen) atoms. The van der Waals surface area contributed by atoms with Crippen LogP contribution in [0.4, 0.5) is 9.59 Å². The zero-order valence-corrected chi connectivity index (χ0v) is 17.9. The number of amides is 2. The second-order valence-corrected chi connectivity index (χ2v) is 8.49. The highest BCUT2D eigenvalue weighted by Crippen LogP contribution is 2.35. The molecule has 160 valence electrons. The molecule has 1 fully saturated rings. The zero-order chi connectivity index (χ0) is 21.7. The van der Waals surface area contributed by atoms with E-state index in [1.54, 1.807) is 24.8 Å². The number of hydrogen-bond donors (Lipinski definition) is 1. The van der Waals surface area contributed by atoms with Gasteiger partial charge in [0.25, 0.3) is 0 Å². The van der Waals surface area contributed by atoms with Crippen LogP contribution in [-0.4, -0.2) is 47.1 Å². The summed E-state index contributed by atoms with van der Waals surface area (Å²) in [7, 11) is 0. The summed E-state index contributed by atoms with van der Waals surface area (Å²) in [5, 5.41) is 2.74. The third kappa shape index (κ3) is 6.49. The minimum absolute atomic E-state index is 0.172. The molecule has 2 amide bonds. The molecule has 1 aromatic carbocycles. The lowest BCUT2D eigenvalue weighted by Crippen LogP contribution is -2.53. The minimum Gasteiger partial charge on any atom is -0.445 e. The van der Waals surface area contributed by atoms with E-state index in [1.807, 2.05) is 51.1 Å². The average Bonchev–Trinajstić information content (AvgIpc) is 2.87. The lowest BCUT2D eigenvalue weighted by Gasteiger charge is -2.35. The molecule has 1 saturated heterocycles. The minimum atomic E-state index is -0.879. The summed E-state index contributed by atoms with van der Waals surface area (Å²) in [5.74, 6) is 0. The largest absolute Gasteiger partial charge is 0.445 e. The topological polar surface area (TPSA) is 77.1 Å². The van der Waals surface area contributed by atoms with E-state index in [-0.39, 0.29) is 19.3 Å². The SMILES string of the molecule is C=CC[C@@H]1OC(C)(C)N(C(=O)OC(C)(C)C)[C@@H]1CNC(=O)OCc1ccccc1. The molecule has 0 unspecified atom stereocenters. The normalized spacial score (nSPS) is 20.8. The van der Waals surface area contributed by atoms with E-state index in [2.05, 4.69) is 11.9 Å². The summed E-state index contributed by atoms with van der Waals surface area (Å²) < 4.78 is 16.9. The summed E-state index contributed by atoms with van der Waals surface area (Å²) in [5.41, 5.74) is -0.625. The fourth-order valence-electron chi connectivity index (χ4n) is 3.29. The van der Waals surface area contributed by atoms with Gasteiger partial charge in [0.2, 0.25) is 0 Å². The molecule has 0 spiro atoms. The number of nitrogens with zero attached hydrogens (tertiary/aromatic N) is 1. The van der Waals surface area contributed by atoms with E-state index in [0.29, 0.717) is 6.42 Å². The lowest BCUT2D eigenvalue weighted by molar-refractivity contribution is -0.0780. The predicted octanol–water partition coefficient (Wildman–Crippen LogP) is 4.23. The van der Waals surface area contributed by atoms with Gasteiger partial charge in [0.05, 0.1) is 12.1 Å². The molecule has 0 saturated carbocycles. The van der Waals surface area contributed by atoms with Crippen molar-refractivity contribution in [1.82, 2.24) is 10.2 Å². The van der Waals surface area contributed by atoms with Crippen molar-refractivity contribution in [2.45, 2.75) is 71.1 Å². The first kappa shape index (κ1) is 22.7. The number of carbonyl (C=O) groups excluding carboxylic acids is 2. The van der Waals surface area contributed by atoms with Gasteiger partial charge in [-0.3, -0.25) is 4.90 Å². The van der Waals surface area contributed by atoms with Gasteiger partial charge in [-0.25, -0.2) is 9.59 Å². The van der Waals surface area contributed by atoms with Crippen LogP contribution in [0.3, 0.4) is 0 Å². The Morgan fingerprint density at radius 2 is 1.93 bits per heavy atom. The van der Waals surface area contributed by atoms with Crippen molar-refractivity contribution in [3.05, 3.63) is 48.6 Å². The molecule has 7 nitrogen and oxygen atoms in total. The number of hydrogen-bond acceptors (Lipinski definition) is 5. The molecule has 0 radical (unpaired) electrons. The van der Waals surface area contributed by atoms with Crippen LogP contribution in [0.5, 0.6) is 0 Å². The molecule has 0 aromatic heterocycles. The maximum atomic E-state index is 12.8. The molecule has 1 aromatic rings. The van der Waals surface area contributed by atoms with Crippen molar-refractivity contribution >= 4 is 12.2 Å². The monoisotopic (exact) mass is 404 g/mol. The van der Waals surface area contributed by atoms with E-state index in [1.165, 1.54) is 0 Å². The Hall–Kier alpha value is -2.54. The highest BCUT2D eigenvalue weighted by molar-refractivity contribution is 5.70. The third-order valence-electron chi connectivity index (χ3n) is 4.44. The summed E-state index contributed by atoms with van der Waals surface area (Å²) in [4.78, 5) is 26.6. The number of nitrogens with one attached hydrogen (secondary N) is 1. The molecule has 0 aliphatic carbocycles. The van der Waals surface area contributed by atoms with Crippen LogP contribution in [0, 0.1) is 0 Å². The fourth-order valence-corrected chi connectivity index (χ4v) is 3.29. The average molecular weight is 405 g/mol. The Kier molecular flexibility index (Phi) is 7.30. The van der Waals surface area contributed by atoms with Crippen molar-refractivity contribution in [2.75, 3.05) is 6.54 Å². The second-order valence-electron chi connectivity index (χ2n) is 8.49. The van der Waals surface area contributed by atoms with E-state index >= 15 is 0 Å². The van der Waals surface area contributed by atoms with Gasteiger partial charge in [-0.05, 0) is 46.6 Å². The van der Waals surface area contributed by atoms with Crippen molar-refractivity contribution in [3.8, 4) is 0 Å². The molecule has 1 heterocycles. The second kappa shape index (κ2) is 9.31. The first-order chi connectivity index (χ1) is 13.5. The van der Waals surface area contributed by atoms with Gasteiger partial charge >= 0.3 is 12.2 Å². The van der Waals surface area contributed by atoms with E-state index in [9.17, 15) is 9.59 Å². The maximum Gasteiger partial charge on any atom is 0.412 e. The summed E-state index contributed by atoms with van der Waals surface area (Å²) in [6.07, 6.45) is 0.914. The third-order valence-corrected chi connectivity index (χ3v) is 4.44. The van der Waals surface area contributed by atoms with Gasteiger partial charge in [0, 0.05) is 6.54 Å². The predicted molar refractivity (Wildman–Crippen MR) is 110 cm³/mol. The Morgan fingerprint density at radius 3 is 2.52 bits per heavy atom. The first-order valence-electron chi connectivity index (χ1n) is 9.79. The highest BCUT2D eigenvalue weighted by Gasteiger charge is 2.50. The Labute approximate surface area is 173 Å². The van der Waals surface area contributed by atoms with Gasteiger partial charge in [0.15, 0.2) is 0 Å². The van der Waals surface area contributed by atoms with Crippen LogP contribution >= 0.6 is 0 Å². The van der Waals surface area contributed by atoms with Gasteiger partial charge in [-0.1, -0.05) is 36.4 Å². The van der Waals surface area contributed by atoms with Crippen LogP contribution in [0.15, 0.2) is 43.0 Å². The number of rotatable bonds is 6. The highest BCUT2D eigenvalue weighted by atomic mass is 16.6. The number of benzene rings is 1. The molecule has 2 rings (SSSR count). The first-order valence-corrected chi connectivity index (χ1v) is 9.79. The lowest BCUT2D eigenvalue weighted by atomic mass is 10.1. The Morgan fingerprint density at radius 1 is 1.28 bits per heavy atom. The molecule has 2 atom stereocenters. The van der Waals surface area contributed by atoms with Crippen molar-refractivity contribution in [3.63, 3.8) is 0 Å². The summed E-state index contributed by atoms with van der Waals surface area (Å²) >= 11 is 0. The maximum absolute atomic E-state index is 12.8.